The molecule has 14 heavy (non-hydrogen) atoms. The SMILES string of the molecule is CCOC(=S)N[C@@]1(C)CCS(=O)(=O)C1. The lowest BCUT2D eigenvalue weighted by Crippen LogP contribution is -2.47. The van der Waals surface area contributed by atoms with Crippen molar-refractivity contribution < 1.29 is 13.2 Å². The van der Waals surface area contributed by atoms with E-state index in [0.717, 1.165) is 0 Å². The van der Waals surface area contributed by atoms with Gasteiger partial charge in [0.05, 0.1) is 23.7 Å². The van der Waals surface area contributed by atoms with Gasteiger partial charge in [-0.1, -0.05) is 0 Å². The lowest BCUT2D eigenvalue weighted by molar-refractivity contribution is 0.300. The summed E-state index contributed by atoms with van der Waals surface area (Å²) in [7, 11) is -2.89. The van der Waals surface area contributed by atoms with Gasteiger partial charge >= 0.3 is 0 Å². The molecule has 1 aliphatic heterocycles. The maximum absolute atomic E-state index is 11.3. The Bertz CT molecular complexity index is 325. The fourth-order valence-electron chi connectivity index (χ4n) is 1.52. The van der Waals surface area contributed by atoms with Gasteiger partial charge in [-0.25, -0.2) is 8.42 Å². The zero-order valence-corrected chi connectivity index (χ0v) is 10.0. The average molecular weight is 237 g/mol. The molecule has 0 amide bonds. The molecule has 0 aromatic heterocycles. The Morgan fingerprint density at radius 3 is 2.71 bits per heavy atom. The smallest absolute Gasteiger partial charge is 0.257 e. The first-order valence-corrected chi connectivity index (χ1v) is 6.75. The molecule has 82 valence electrons. The molecule has 1 aliphatic rings. The topological polar surface area (TPSA) is 55.4 Å². The lowest BCUT2D eigenvalue weighted by Gasteiger charge is -2.24. The molecule has 1 rings (SSSR count). The second-order valence-corrected chi connectivity index (χ2v) is 6.30. The normalized spacial score (nSPS) is 29.9. The largest absolute Gasteiger partial charge is 0.471 e. The standard InChI is InChI=1S/C8H15NO3S2/c1-3-12-7(13)9-8(2)4-5-14(10,11)6-8/h3-6H2,1-2H3,(H,9,13)/t8-/m0/s1. The van der Waals surface area contributed by atoms with E-state index in [2.05, 4.69) is 5.32 Å². The molecule has 0 bridgehead atoms. The Labute approximate surface area is 89.9 Å². The molecule has 1 saturated heterocycles. The molecule has 0 saturated carbocycles. The molecule has 6 heteroatoms. The van der Waals surface area contributed by atoms with E-state index in [4.69, 9.17) is 17.0 Å². The van der Waals surface area contributed by atoms with Crippen LogP contribution in [0.3, 0.4) is 0 Å². The number of sulfone groups is 1. The van der Waals surface area contributed by atoms with Crippen LogP contribution < -0.4 is 5.32 Å². The van der Waals surface area contributed by atoms with Gasteiger partial charge in [0.1, 0.15) is 0 Å². The van der Waals surface area contributed by atoms with Crippen molar-refractivity contribution in [2.45, 2.75) is 25.8 Å². The first-order valence-electron chi connectivity index (χ1n) is 4.52. The third kappa shape index (κ3) is 3.09. The maximum atomic E-state index is 11.3. The van der Waals surface area contributed by atoms with E-state index in [0.29, 0.717) is 13.0 Å². The Kier molecular flexibility index (Phi) is 3.36. The van der Waals surface area contributed by atoms with Crippen molar-refractivity contribution in [3.8, 4) is 0 Å². The second kappa shape index (κ2) is 4.02. The summed E-state index contributed by atoms with van der Waals surface area (Å²) in [5.41, 5.74) is -0.453. The molecule has 1 fully saturated rings. The monoisotopic (exact) mass is 237 g/mol. The van der Waals surface area contributed by atoms with E-state index in [1.54, 1.807) is 0 Å². The van der Waals surface area contributed by atoms with Crippen molar-refractivity contribution in [3.63, 3.8) is 0 Å². The summed E-state index contributed by atoms with van der Waals surface area (Å²) in [5.74, 6) is 0.360. The lowest BCUT2D eigenvalue weighted by atomic mass is 10.0. The van der Waals surface area contributed by atoms with Gasteiger partial charge in [-0.2, -0.15) is 0 Å². The fourth-order valence-corrected chi connectivity index (χ4v) is 3.98. The number of nitrogens with one attached hydrogen (secondary N) is 1. The first kappa shape index (κ1) is 11.7. The van der Waals surface area contributed by atoms with Crippen molar-refractivity contribution >= 4 is 27.2 Å². The molecule has 1 atom stereocenters. The molecule has 0 spiro atoms. The molecule has 1 heterocycles. The fraction of sp³-hybridized carbons (Fsp3) is 0.875. The number of hydrogen-bond acceptors (Lipinski definition) is 4. The van der Waals surface area contributed by atoms with Crippen LogP contribution in [0, 0.1) is 0 Å². The Morgan fingerprint density at radius 2 is 2.29 bits per heavy atom. The summed E-state index contributed by atoms with van der Waals surface area (Å²) in [6.45, 7) is 4.18. The predicted molar refractivity (Wildman–Crippen MR) is 59.0 cm³/mol. The van der Waals surface area contributed by atoms with Crippen LogP contribution in [0.5, 0.6) is 0 Å². The minimum absolute atomic E-state index is 0.132. The van der Waals surface area contributed by atoms with Gasteiger partial charge in [-0.15, -0.1) is 0 Å². The molecule has 0 aromatic carbocycles. The molecular formula is C8H15NO3S2. The van der Waals surface area contributed by atoms with Gasteiger partial charge in [-0.3, -0.25) is 0 Å². The second-order valence-electron chi connectivity index (χ2n) is 3.75. The van der Waals surface area contributed by atoms with Crippen molar-refractivity contribution in [1.82, 2.24) is 5.32 Å². The van der Waals surface area contributed by atoms with Crippen LogP contribution in [-0.4, -0.2) is 37.2 Å². The minimum Gasteiger partial charge on any atom is -0.471 e. The molecule has 0 aromatic rings. The summed E-state index contributed by atoms with van der Waals surface area (Å²) in [6.07, 6.45) is 0.586. The van der Waals surface area contributed by atoms with Gasteiger partial charge in [-0.05, 0) is 32.5 Å². The van der Waals surface area contributed by atoms with E-state index in [1.165, 1.54) is 0 Å². The Balaban J connectivity index is 2.57. The summed E-state index contributed by atoms with van der Waals surface area (Å²) < 4.78 is 27.6. The highest BCUT2D eigenvalue weighted by molar-refractivity contribution is 7.91. The quantitative estimate of drug-likeness (QED) is 0.708. The van der Waals surface area contributed by atoms with Gasteiger partial charge in [0.15, 0.2) is 9.84 Å². The molecule has 1 N–H and O–H groups in total. The number of hydrogen-bond donors (Lipinski definition) is 1. The number of thiocarbonyl (C=S) groups is 1. The minimum atomic E-state index is -2.89. The van der Waals surface area contributed by atoms with Crippen molar-refractivity contribution in [2.24, 2.45) is 0 Å². The Hall–Kier alpha value is -0.360. The van der Waals surface area contributed by atoms with Crippen molar-refractivity contribution in [3.05, 3.63) is 0 Å². The summed E-state index contributed by atoms with van der Waals surface area (Å²) in [4.78, 5) is 0. The van der Waals surface area contributed by atoms with E-state index < -0.39 is 15.4 Å². The zero-order valence-electron chi connectivity index (χ0n) is 8.37. The summed E-state index contributed by atoms with van der Waals surface area (Å²) >= 11 is 4.91. The van der Waals surface area contributed by atoms with E-state index in [1.807, 2.05) is 13.8 Å². The summed E-state index contributed by atoms with van der Waals surface area (Å²) in [5, 5.41) is 3.23. The molecule has 0 aliphatic carbocycles. The van der Waals surface area contributed by atoms with Crippen LogP contribution in [0.1, 0.15) is 20.3 Å². The third-order valence-corrected chi connectivity index (χ3v) is 4.31. The molecular weight excluding hydrogens is 222 g/mol. The van der Waals surface area contributed by atoms with Crippen LogP contribution in [0.4, 0.5) is 0 Å². The van der Waals surface area contributed by atoms with Gasteiger partial charge in [0, 0.05) is 0 Å². The van der Waals surface area contributed by atoms with Crippen LogP contribution in [0.25, 0.3) is 0 Å². The van der Waals surface area contributed by atoms with Crippen molar-refractivity contribution in [2.75, 3.05) is 18.1 Å². The number of rotatable bonds is 2. The van der Waals surface area contributed by atoms with Crippen LogP contribution >= 0.6 is 12.2 Å². The first-order chi connectivity index (χ1) is 6.37. The molecule has 0 radical (unpaired) electrons. The van der Waals surface area contributed by atoms with Gasteiger partial charge in [0.25, 0.3) is 5.17 Å². The molecule has 0 unspecified atom stereocenters. The predicted octanol–water partition coefficient (Wildman–Crippen LogP) is 0.475. The van der Waals surface area contributed by atoms with Gasteiger partial charge in [0.2, 0.25) is 0 Å². The van der Waals surface area contributed by atoms with E-state index >= 15 is 0 Å². The Morgan fingerprint density at radius 1 is 1.64 bits per heavy atom. The summed E-state index contributed by atoms with van der Waals surface area (Å²) in [6, 6.07) is 0. The molecule has 4 nitrogen and oxygen atoms in total. The zero-order chi connectivity index (χ0) is 10.8. The third-order valence-electron chi connectivity index (χ3n) is 2.18. The number of ether oxygens (including phenoxy) is 1. The van der Waals surface area contributed by atoms with Crippen LogP contribution in [-0.2, 0) is 14.6 Å². The highest BCUT2D eigenvalue weighted by Gasteiger charge is 2.38. The van der Waals surface area contributed by atoms with Gasteiger partial charge < -0.3 is 10.1 Å². The highest BCUT2D eigenvalue weighted by atomic mass is 32.2. The van der Waals surface area contributed by atoms with Crippen LogP contribution in [0.2, 0.25) is 0 Å². The van der Waals surface area contributed by atoms with Crippen molar-refractivity contribution in [1.29, 1.82) is 0 Å². The van der Waals surface area contributed by atoms with E-state index in [9.17, 15) is 8.42 Å². The highest BCUT2D eigenvalue weighted by Crippen LogP contribution is 2.22. The van der Waals surface area contributed by atoms with Crippen LogP contribution in [0.15, 0.2) is 0 Å². The average Bonchev–Trinajstić information content (AvgIpc) is 2.25. The maximum Gasteiger partial charge on any atom is 0.257 e. The van der Waals surface area contributed by atoms with E-state index in [-0.39, 0.29) is 16.7 Å².